The summed E-state index contributed by atoms with van der Waals surface area (Å²) in [4.78, 5) is 2.33. The fraction of sp³-hybridized carbons (Fsp3) is 0.462. The Morgan fingerprint density at radius 1 is 1.25 bits per heavy atom. The highest BCUT2D eigenvalue weighted by atomic mass is 16.3. The fourth-order valence-electron chi connectivity index (χ4n) is 2.14. The van der Waals surface area contributed by atoms with Gasteiger partial charge in [0.25, 0.3) is 0 Å². The zero-order chi connectivity index (χ0) is 11.4. The summed E-state index contributed by atoms with van der Waals surface area (Å²) in [5.41, 5.74) is 1.48. The van der Waals surface area contributed by atoms with Crippen LogP contribution in [0.4, 0.5) is 0 Å². The minimum Gasteiger partial charge on any atom is -0.508 e. The van der Waals surface area contributed by atoms with Crippen LogP contribution in [0.2, 0.25) is 0 Å². The lowest BCUT2D eigenvalue weighted by molar-refractivity contribution is 0.218. The third-order valence-electron chi connectivity index (χ3n) is 3.05. The molecule has 84 valence electrons. The zero-order valence-electron chi connectivity index (χ0n) is 9.32. The van der Waals surface area contributed by atoms with Gasteiger partial charge >= 0.3 is 0 Å². The van der Waals surface area contributed by atoms with E-state index in [0.29, 0.717) is 11.3 Å². The Labute approximate surface area is 95.9 Å². The van der Waals surface area contributed by atoms with E-state index in [1.165, 1.54) is 19.3 Å². The largest absolute Gasteiger partial charge is 0.508 e. The number of piperidine rings is 1. The maximum Gasteiger partial charge on any atom is 0.120 e. The maximum atomic E-state index is 9.73. The van der Waals surface area contributed by atoms with Crippen LogP contribution in [0.25, 0.3) is 0 Å². The summed E-state index contributed by atoms with van der Waals surface area (Å²) in [6, 6.07) is 7.14. The molecule has 3 nitrogen and oxygen atoms in total. The molecule has 1 N–H and O–H groups in total. The van der Waals surface area contributed by atoms with Crippen molar-refractivity contribution in [2.45, 2.75) is 25.8 Å². The number of nitrogens with zero attached hydrogens (tertiary/aromatic N) is 2. The molecule has 0 saturated carbocycles. The highest BCUT2D eigenvalue weighted by molar-refractivity contribution is 5.41. The first-order valence-electron chi connectivity index (χ1n) is 5.74. The van der Waals surface area contributed by atoms with Crippen molar-refractivity contribution >= 4 is 0 Å². The number of phenolic OH excluding ortho intramolecular Hbond substituents is 1. The number of rotatable bonds is 2. The standard InChI is InChI=1S/C13H16N2O/c14-9-11-4-5-13(16)12(8-11)10-15-6-2-1-3-7-15/h4-5,8,16H,1-3,6-7,10H2. The molecule has 1 aliphatic rings. The van der Waals surface area contributed by atoms with Crippen molar-refractivity contribution in [3.8, 4) is 11.8 Å². The quantitative estimate of drug-likeness (QED) is 0.824. The van der Waals surface area contributed by atoms with Gasteiger partial charge in [0.2, 0.25) is 0 Å². The van der Waals surface area contributed by atoms with Crippen molar-refractivity contribution in [2.24, 2.45) is 0 Å². The molecular formula is C13H16N2O. The van der Waals surface area contributed by atoms with Gasteiger partial charge in [-0.1, -0.05) is 6.42 Å². The predicted octanol–water partition coefficient (Wildman–Crippen LogP) is 2.25. The lowest BCUT2D eigenvalue weighted by Gasteiger charge is -2.26. The van der Waals surface area contributed by atoms with Gasteiger partial charge in [-0.2, -0.15) is 5.26 Å². The summed E-state index contributed by atoms with van der Waals surface area (Å²) < 4.78 is 0. The van der Waals surface area contributed by atoms with Gasteiger partial charge in [-0.05, 0) is 44.1 Å². The monoisotopic (exact) mass is 216 g/mol. The van der Waals surface area contributed by atoms with E-state index < -0.39 is 0 Å². The van der Waals surface area contributed by atoms with Gasteiger partial charge in [0.05, 0.1) is 11.6 Å². The second kappa shape index (κ2) is 5.00. The maximum absolute atomic E-state index is 9.73. The fourth-order valence-corrected chi connectivity index (χ4v) is 2.14. The van der Waals surface area contributed by atoms with E-state index in [0.717, 1.165) is 25.2 Å². The van der Waals surface area contributed by atoms with Crippen LogP contribution in [0.5, 0.6) is 5.75 Å². The number of hydrogen-bond donors (Lipinski definition) is 1. The summed E-state index contributed by atoms with van der Waals surface area (Å²) in [7, 11) is 0. The van der Waals surface area contributed by atoms with E-state index in [2.05, 4.69) is 11.0 Å². The van der Waals surface area contributed by atoms with Crippen molar-refractivity contribution in [2.75, 3.05) is 13.1 Å². The van der Waals surface area contributed by atoms with Gasteiger partial charge in [-0.3, -0.25) is 4.90 Å². The van der Waals surface area contributed by atoms with Crippen LogP contribution in [0.15, 0.2) is 18.2 Å². The molecule has 1 aliphatic heterocycles. The Balaban J connectivity index is 2.10. The Hall–Kier alpha value is -1.53. The first-order chi connectivity index (χ1) is 7.79. The summed E-state index contributed by atoms with van der Waals surface area (Å²) in [5, 5.41) is 18.5. The topological polar surface area (TPSA) is 47.3 Å². The third kappa shape index (κ3) is 2.53. The molecule has 16 heavy (non-hydrogen) atoms. The molecule has 0 spiro atoms. The van der Waals surface area contributed by atoms with Gasteiger partial charge in [-0.15, -0.1) is 0 Å². The molecule has 0 atom stereocenters. The molecule has 3 heteroatoms. The van der Waals surface area contributed by atoms with E-state index >= 15 is 0 Å². The van der Waals surface area contributed by atoms with E-state index in [9.17, 15) is 5.11 Å². The van der Waals surface area contributed by atoms with Gasteiger partial charge in [-0.25, -0.2) is 0 Å². The number of likely N-dealkylation sites (tertiary alicyclic amines) is 1. The van der Waals surface area contributed by atoms with Gasteiger partial charge < -0.3 is 5.11 Å². The van der Waals surface area contributed by atoms with Crippen molar-refractivity contribution in [3.63, 3.8) is 0 Å². The van der Waals surface area contributed by atoms with Crippen LogP contribution >= 0.6 is 0 Å². The lowest BCUT2D eigenvalue weighted by atomic mass is 10.1. The number of aromatic hydroxyl groups is 1. The number of hydrogen-bond acceptors (Lipinski definition) is 3. The molecule has 0 radical (unpaired) electrons. The second-order valence-electron chi connectivity index (χ2n) is 4.29. The van der Waals surface area contributed by atoms with Crippen LogP contribution in [0.1, 0.15) is 30.4 Å². The average molecular weight is 216 g/mol. The molecule has 0 aliphatic carbocycles. The number of nitriles is 1. The summed E-state index contributed by atoms with van der Waals surface area (Å²) in [6.45, 7) is 2.94. The molecular weight excluding hydrogens is 200 g/mol. The Morgan fingerprint density at radius 3 is 2.69 bits per heavy atom. The van der Waals surface area contributed by atoms with Crippen LogP contribution in [-0.4, -0.2) is 23.1 Å². The zero-order valence-corrected chi connectivity index (χ0v) is 9.32. The number of phenols is 1. The molecule has 0 amide bonds. The molecule has 0 aromatic heterocycles. The van der Waals surface area contributed by atoms with Crippen LogP contribution in [-0.2, 0) is 6.54 Å². The molecule has 0 bridgehead atoms. The molecule has 1 fully saturated rings. The van der Waals surface area contributed by atoms with Crippen LogP contribution in [0.3, 0.4) is 0 Å². The predicted molar refractivity (Wildman–Crippen MR) is 61.9 cm³/mol. The first kappa shape index (κ1) is 11.0. The third-order valence-corrected chi connectivity index (χ3v) is 3.05. The van der Waals surface area contributed by atoms with E-state index in [1.54, 1.807) is 18.2 Å². The summed E-state index contributed by atoms with van der Waals surface area (Å²) >= 11 is 0. The van der Waals surface area contributed by atoms with E-state index in [-0.39, 0.29) is 0 Å². The summed E-state index contributed by atoms with van der Waals surface area (Å²) in [6.07, 6.45) is 3.78. The molecule has 1 saturated heterocycles. The molecule has 1 heterocycles. The Bertz CT molecular complexity index is 403. The van der Waals surface area contributed by atoms with Gasteiger partial charge in [0, 0.05) is 12.1 Å². The molecule has 0 unspecified atom stereocenters. The minimum absolute atomic E-state index is 0.296. The van der Waals surface area contributed by atoms with Gasteiger partial charge in [0.15, 0.2) is 0 Å². The highest BCUT2D eigenvalue weighted by Gasteiger charge is 2.12. The lowest BCUT2D eigenvalue weighted by Crippen LogP contribution is -2.29. The SMILES string of the molecule is N#Cc1ccc(O)c(CN2CCCCC2)c1. The second-order valence-corrected chi connectivity index (χ2v) is 4.29. The molecule has 1 aromatic carbocycles. The Kier molecular flexibility index (Phi) is 3.43. The van der Waals surface area contributed by atoms with E-state index in [4.69, 9.17) is 5.26 Å². The van der Waals surface area contributed by atoms with Crippen LogP contribution in [0, 0.1) is 11.3 Å². The highest BCUT2D eigenvalue weighted by Crippen LogP contribution is 2.21. The molecule has 2 rings (SSSR count). The van der Waals surface area contributed by atoms with Crippen molar-refractivity contribution in [1.82, 2.24) is 4.90 Å². The average Bonchev–Trinajstić information content (AvgIpc) is 2.33. The smallest absolute Gasteiger partial charge is 0.120 e. The van der Waals surface area contributed by atoms with Crippen molar-refractivity contribution in [1.29, 1.82) is 5.26 Å². The summed E-state index contributed by atoms with van der Waals surface area (Å²) in [5.74, 6) is 0.296. The Morgan fingerprint density at radius 2 is 2.00 bits per heavy atom. The van der Waals surface area contributed by atoms with Crippen molar-refractivity contribution in [3.05, 3.63) is 29.3 Å². The first-order valence-corrected chi connectivity index (χ1v) is 5.74. The van der Waals surface area contributed by atoms with Crippen LogP contribution < -0.4 is 0 Å². The normalized spacial score (nSPS) is 16.9. The minimum atomic E-state index is 0.296. The molecule has 1 aromatic rings. The van der Waals surface area contributed by atoms with Crippen molar-refractivity contribution < 1.29 is 5.11 Å². The van der Waals surface area contributed by atoms with E-state index in [1.807, 2.05) is 0 Å². The van der Waals surface area contributed by atoms with Gasteiger partial charge in [0.1, 0.15) is 5.75 Å². The number of benzene rings is 1.